The van der Waals surface area contributed by atoms with Crippen molar-refractivity contribution in [2.45, 2.75) is 44.2 Å². The third-order valence-corrected chi connectivity index (χ3v) is 9.15. The molecule has 12 heteroatoms. The summed E-state index contributed by atoms with van der Waals surface area (Å²) in [5.74, 6) is -1.04. The third kappa shape index (κ3) is 8.04. The molecule has 3 rings (SSSR count). The molecule has 3 aromatic carbocycles. The van der Waals surface area contributed by atoms with Crippen LogP contribution in [-0.2, 0) is 26.2 Å². The van der Waals surface area contributed by atoms with Crippen LogP contribution in [0, 0.1) is 0 Å². The van der Waals surface area contributed by atoms with E-state index in [2.05, 4.69) is 5.32 Å². The molecule has 0 aliphatic rings. The van der Waals surface area contributed by atoms with Crippen molar-refractivity contribution in [3.63, 3.8) is 0 Å². The minimum Gasteiger partial charge on any atom is -0.354 e. The molecule has 1 atom stereocenters. The van der Waals surface area contributed by atoms with Gasteiger partial charge in [-0.15, -0.1) is 0 Å². The molecule has 0 aliphatic heterocycles. The highest BCUT2D eigenvalue weighted by Gasteiger charge is 2.33. The van der Waals surface area contributed by atoms with Gasteiger partial charge in [0.05, 0.1) is 10.6 Å². The molecule has 214 valence electrons. The first-order chi connectivity index (χ1) is 18.9. The van der Waals surface area contributed by atoms with Gasteiger partial charge in [-0.3, -0.25) is 13.9 Å². The zero-order valence-corrected chi connectivity index (χ0v) is 25.8. The summed E-state index contributed by atoms with van der Waals surface area (Å²) < 4.78 is 28.6. The standard InChI is InChI=1S/C28H29Cl4N3O4S/c1-3-4-15-33-28(37)19(2)34(17-24-25(31)9-6-10-26(24)32)27(36)18-35(22-8-5-7-21(30)16-22)40(38,39)23-13-11-20(29)12-14-23/h5-14,16,19H,3-4,15,17-18H2,1-2H3,(H,33,37)/t19-/m0/s1. The molecule has 1 N–H and O–H groups in total. The number of sulfonamides is 1. The van der Waals surface area contributed by atoms with Crippen molar-refractivity contribution in [1.82, 2.24) is 10.2 Å². The Hall–Kier alpha value is -2.49. The molecule has 7 nitrogen and oxygen atoms in total. The van der Waals surface area contributed by atoms with Crippen molar-refractivity contribution < 1.29 is 18.0 Å². The molecular weight excluding hydrogens is 616 g/mol. The predicted octanol–water partition coefficient (Wildman–Crippen LogP) is 6.83. The third-order valence-electron chi connectivity index (χ3n) is 6.16. The van der Waals surface area contributed by atoms with Crippen molar-refractivity contribution >= 4 is 73.9 Å². The van der Waals surface area contributed by atoms with Crippen LogP contribution >= 0.6 is 46.4 Å². The maximum atomic E-state index is 13.9. The van der Waals surface area contributed by atoms with Gasteiger partial charge in [0.1, 0.15) is 12.6 Å². The second-order valence-corrected chi connectivity index (χ2v) is 12.5. The lowest BCUT2D eigenvalue weighted by molar-refractivity contribution is -0.139. The summed E-state index contributed by atoms with van der Waals surface area (Å²) in [4.78, 5) is 28.2. The Labute approximate surface area is 255 Å². The minimum atomic E-state index is -4.25. The van der Waals surface area contributed by atoms with Crippen molar-refractivity contribution in [1.29, 1.82) is 0 Å². The molecule has 0 aliphatic carbocycles. The Bertz CT molecular complexity index is 1430. The lowest BCUT2D eigenvalue weighted by atomic mass is 10.1. The number of anilines is 1. The molecule has 0 fully saturated rings. The van der Waals surface area contributed by atoms with Crippen LogP contribution in [0.15, 0.2) is 71.6 Å². The van der Waals surface area contributed by atoms with E-state index in [1.54, 1.807) is 37.3 Å². The van der Waals surface area contributed by atoms with Crippen molar-refractivity contribution in [2.24, 2.45) is 0 Å². The number of hydrogen-bond donors (Lipinski definition) is 1. The molecule has 0 bridgehead atoms. The predicted molar refractivity (Wildman–Crippen MR) is 162 cm³/mol. The quantitative estimate of drug-likeness (QED) is 0.219. The number of rotatable bonds is 12. The molecule has 40 heavy (non-hydrogen) atoms. The van der Waals surface area contributed by atoms with Crippen LogP contribution in [0.5, 0.6) is 0 Å². The average molecular weight is 645 g/mol. The van der Waals surface area contributed by atoms with Gasteiger partial charge in [-0.05, 0) is 67.9 Å². The molecule has 0 unspecified atom stereocenters. The number of benzene rings is 3. The summed E-state index contributed by atoms with van der Waals surface area (Å²) in [6, 6.07) is 15.7. The fourth-order valence-corrected chi connectivity index (χ4v) is 6.10. The molecule has 3 aromatic rings. The molecular formula is C28H29Cl4N3O4S. The van der Waals surface area contributed by atoms with E-state index < -0.39 is 28.5 Å². The molecule has 0 saturated carbocycles. The number of carbonyl (C=O) groups excluding carboxylic acids is 2. The van der Waals surface area contributed by atoms with E-state index in [9.17, 15) is 18.0 Å². The Morgan fingerprint density at radius 3 is 2.12 bits per heavy atom. The van der Waals surface area contributed by atoms with Crippen LogP contribution in [-0.4, -0.2) is 44.3 Å². The van der Waals surface area contributed by atoms with Crippen molar-refractivity contribution in [2.75, 3.05) is 17.4 Å². The molecule has 0 saturated heterocycles. The Balaban J connectivity index is 2.04. The Morgan fingerprint density at radius 2 is 1.52 bits per heavy atom. The number of hydrogen-bond acceptors (Lipinski definition) is 4. The Kier molecular flexibility index (Phi) is 11.5. The van der Waals surface area contributed by atoms with E-state index >= 15 is 0 Å². The number of nitrogens with one attached hydrogen (secondary N) is 1. The minimum absolute atomic E-state index is 0.0734. The smallest absolute Gasteiger partial charge is 0.264 e. The van der Waals surface area contributed by atoms with Gasteiger partial charge in [0.25, 0.3) is 10.0 Å². The fourth-order valence-electron chi connectivity index (χ4n) is 3.87. The van der Waals surface area contributed by atoms with Gasteiger partial charge in [-0.1, -0.05) is 71.9 Å². The molecule has 0 radical (unpaired) electrons. The summed E-state index contributed by atoms with van der Waals surface area (Å²) >= 11 is 24.9. The first-order valence-corrected chi connectivity index (χ1v) is 15.4. The maximum absolute atomic E-state index is 13.9. The highest BCUT2D eigenvalue weighted by Crippen LogP contribution is 2.29. The lowest BCUT2D eigenvalue weighted by Gasteiger charge is -2.32. The van der Waals surface area contributed by atoms with Gasteiger partial charge in [0.15, 0.2) is 0 Å². The van der Waals surface area contributed by atoms with Crippen LogP contribution in [0.4, 0.5) is 5.69 Å². The molecule has 0 spiro atoms. The number of amides is 2. The number of halogens is 4. The number of carbonyl (C=O) groups is 2. The molecule has 2 amide bonds. The largest absolute Gasteiger partial charge is 0.354 e. The van der Waals surface area contributed by atoms with E-state index in [4.69, 9.17) is 46.4 Å². The van der Waals surface area contributed by atoms with Gasteiger partial charge >= 0.3 is 0 Å². The zero-order valence-electron chi connectivity index (χ0n) is 21.9. The second-order valence-electron chi connectivity index (χ2n) is 8.99. The maximum Gasteiger partial charge on any atom is 0.264 e. The first-order valence-electron chi connectivity index (χ1n) is 12.5. The van der Waals surface area contributed by atoms with Crippen LogP contribution in [0.2, 0.25) is 20.1 Å². The topological polar surface area (TPSA) is 86.8 Å². The van der Waals surface area contributed by atoms with Gasteiger partial charge in [-0.2, -0.15) is 0 Å². The van der Waals surface area contributed by atoms with Crippen LogP contribution in [0.3, 0.4) is 0 Å². The van der Waals surface area contributed by atoms with Gasteiger partial charge in [0, 0.05) is 38.7 Å². The van der Waals surface area contributed by atoms with Gasteiger partial charge < -0.3 is 10.2 Å². The fraction of sp³-hybridized carbons (Fsp3) is 0.286. The van der Waals surface area contributed by atoms with Crippen molar-refractivity contribution in [3.05, 3.63) is 92.4 Å². The van der Waals surface area contributed by atoms with Crippen LogP contribution in [0.25, 0.3) is 0 Å². The van der Waals surface area contributed by atoms with E-state index in [0.29, 0.717) is 27.2 Å². The monoisotopic (exact) mass is 643 g/mol. The van der Waals surface area contributed by atoms with Crippen molar-refractivity contribution in [3.8, 4) is 0 Å². The SMILES string of the molecule is CCCCNC(=O)[C@H](C)N(Cc1c(Cl)cccc1Cl)C(=O)CN(c1cccc(Cl)c1)S(=O)(=O)c1ccc(Cl)cc1. The van der Waals surface area contributed by atoms with E-state index in [-0.39, 0.29) is 28.1 Å². The second kappa shape index (κ2) is 14.4. The number of unbranched alkanes of at least 4 members (excludes halogenated alkanes) is 1. The highest BCUT2D eigenvalue weighted by molar-refractivity contribution is 7.92. The van der Waals surface area contributed by atoms with E-state index in [0.717, 1.165) is 17.1 Å². The Morgan fingerprint density at radius 1 is 0.900 bits per heavy atom. The summed E-state index contributed by atoms with van der Waals surface area (Å²) in [5, 5.41) is 4.08. The van der Waals surface area contributed by atoms with Crippen LogP contribution < -0.4 is 9.62 Å². The summed E-state index contributed by atoms with van der Waals surface area (Å²) in [7, 11) is -4.25. The highest BCUT2D eigenvalue weighted by atomic mass is 35.5. The average Bonchev–Trinajstić information content (AvgIpc) is 2.91. The van der Waals surface area contributed by atoms with Gasteiger partial charge in [-0.25, -0.2) is 8.42 Å². The zero-order chi connectivity index (χ0) is 29.4. The summed E-state index contributed by atoms with van der Waals surface area (Å²) in [5.41, 5.74) is 0.605. The van der Waals surface area contributed by atoms with E-state index in [1.807, 2.05) is 6.92 Å². The number of nitrogens with zero attached hydrogens (tertiary/aromatic N) is 2. The lowest BCUT2D eigenvalue weighted by Crippen LogP contribution is -2.51. The summed E-state index contributed by atoms with van der Waals surface area (Å²) in [6.07, 6.45) is 1.65. The van der Waals surface area contributed by atoms with Crippen LogP contribution in [0.1, 0.15) is 32.3 Å². The van der Waals surface area contributed by atoms with E-state index in [1.165, 1.54) is 41.3 Å². The first kappa shape index (κ1) is 32.0. The summed E-state index contributed by atoms with van der Waals surface area (Å²) in [6.45, 7) is 3.26. The molecule has 0 heterocycles. The van der Waals surface area contributed by atoms with Gasteiger partial charge in [0.2, 0.25) is 11.8 Å². The molecule has 0 aromatic heterocycles. The normalized spacial score (nSPS) is 12.1.